The fraction of sp³-hybridized carbons (Fsp3) is 0.429. The minimum Gasteiger partial charge on any atom is -0.478 e. The molecular formula is C14H18N2O2. The summed E-state index contributed by atoms with van der Waals surface area (Å²) in [5.41, 5.74) is 2.14. The maximum absolute atomic E-state index is 11.0. The first-order valence-electron chi connectivity index (χ1n) is 6.39. The molecule has 0 amide bonds. The van der Waals surface area contributed by atoms with Crippen molar-refractivity contribution in [2.24, 2.45) is 0 Å². The summed E-state index contributed by atoms with van der Waals surface area (Å²) in [5, 5.41) is 9.05. The van der Waals surface area contributed by atoms with Crippen LogP contribution in [-0.4, -0.2) is 20.6 Å². The Morgan fingerprint density at radius 2 is 2.17 bits per heavy atom. The van der Waals surface area contributed by atoms with Crippen molar-refractivity contribution in [1.82, 2.24) is 9.55 Å². The molecule has 0 aliphatic heterocycles. The predicted octanol–water partition coefficient (Wildman–Crippen LogP) is 3.10. The lowest BCUT2D eigenvalue weighted by Crippen LogP contribution is -2.03. The summed E-state index contributed by atoms with van der Waals surface area (Å²) in [4.78, 5) is 15.6. The number of carboxylic acids is 1. The van der Waals surface area contributed by atoms with Crippen LogP contribution in [0, 0.1) is 0 Å². The van der Waals surface area contributed by atoms with E-state index in [0.717, 1.165) is 42.7 Å². The van der Waals surface area contributed by atoms with Gasteiger partial charge in [-0.05, 0) is 24.6 Å². The lowest BCUT2D eigenvalue weighted by Gasteiger charge is -2.07. The van der Waals surface area contributed by atoms with Crippen LogP contribution in [-0.2, 0) is 13.0 Å². The molecular weight excluding hydrogens is 228 g/mol. The minimum atomic E-state index is -0.891. The zero-order valence-electron chi connectivity index (χ0n) is 10.8. The van der Waals surface area contributed by atoms with Crippen molar-refractivity contribution in [3.8, 4) is 0 Å². The third-order valence-corrected chi connectivity index (χ3v) is 3.13. The van der Waals surface area contributed by atoms with Gasteiger partial charge in [-0.25, -0.2) is 9.78 Å². The zero-order chi connectivity index (χ0) is 13.1. The highest BCUT2D eigenvalue weighted by molar-refractivity contribution is 5.92. The van der Waals surface area contributed by atoms with Crippen LogP contribution in [0.3, 0.4) is 0 Å². The van der Waals surface area contributed by atoms with Crippen LogP contribution in [0.25, 0.3) is 11.0 Å². The molecule has 0 atom stereocenters. The first-order valence-corrected chi connectivity index (χ1v) is 6.39. The van der Waals surface area contributed by atoms with Crippen molar-refractivity contribution >= 4 is 17.0 Å². The Hall–Kier alpha value is -1.84. The second-order valence-corrected chi connectivity index (χ2v) is 4.40. The Bertz CT molecular complexity index is 572. The summed E-state index contributed by atoms with van der Waals surface area (Å²) in [6, 6.07) is 5.13. The van der Waals surface area contributed by atoms with Gasteiger partial charge in [0.05, 0.1) is 16.6 Å². The Balaban J connectivity index is 2.55. The number of fused-ring (bicyclic) bond motifs is 1. The molecule has 0 saturated heterocycles. The molecule has 0 bridgehead atoms. The van der Waals surface area contributed by atoms with Gasteiger partial charge in [-0.2, -0.15) is 0 Å². The predicted molar refractivity (Wildman–Crippen MR) is 71.0 cm³/mol. The van der Waals surface area contributed by atoms with Crippen molar-refractivity contribution in [2.45, 2.75) is 39.7 Å². The van der Waals surface area contributed by atoms with Crippen LogP contribution in [0.2, 0.25) is 0 Å². The number of imidazole rings is 1. The largest absolute Gasteiger partial charge is 0.478 e. The number of aromatic nitrogens is 2. The van der Waals surface area contributed by atoms with E-state index in [1.54, 1.807) is 18.2 Å². The van der Waals surface area contributed by atoms with Crippen LogP contribution in [0.15, 0.2) is 18.2 Å². The molecule has 4 nitrogen and oxygen atoms in total. The van der Waals surface area contributed by atoms with Gasteiger partial charge in [0, 0.05) is 13.0 Å². The summed E-state index contributed by atoms with van der Waals surface area (Å²) in [7, 11) is 0. The molecule has 1 aromatic carbocycles. The second kappa shape index (κ2) is 5.21. The maximum Gasteiger partial charge on any atom is 0.335 e. The van der Waals surface area contributed by atoms with E-state index in [2.05, 4.69) is 23.4 Å². The van der Waals surface area contributed by atoms with E-state index in [1.165, 1.54) is 0 Å². The standard InChI is InChI=1S/C14H18N2O2/c1-3-5-8-16-12-9-10(14(17)18)6-7-11(12)15-13(16)4-2/h6-7,9H,3-5,8H2,1-2H3,(H,17,18). The number of carbonyl (C=O) groups is 1. The zero-order valence-corrected chi connectivity index (χ0v) is 10.8. The van der Waals surface area contributed by atoms with E-state index < -0.39 is 5.97 Å². The van der Waals surface area contributed by atoms with Gasteiger partial charge in [0.1, 0.15) is 5.82 Å². The Morgan fingerprint density at radius 3 is 2.78 bits per heavy atom. The van der Waals surface area contributed by atoms with Gasteiger partial charge in [0.25, 0.3) is 0 Å². The molecule has 4 heteroatoms. The number of benzene rings is 1. The summed E-state index contributed by atoms with van der Waals surface area (Å²) in [6.07, 6.45) is 3.05. The minimum absolute atomic E-state index is 0.322. The molecule has 0 saturated carbocycles. The van der Waals surface area contributed by atoms with E-state index in [4.69, 9.17) is 5.11 Å². The first-order chi connectivity index (χ1) is 8.67. The number of hydrogen-bond acceptors (Lipinski definition) is 2. The van der Waals surface area contributed by atoms with E-state index >= 15 is 0 Å². The average molecular weight is 246 g/mol. The quantitative estimate of drug-likeness (QED) is 0.882. The molecule has 0 aliphatic carbocycles. The molecule has 96 valence electrons. The van der Waals surface area contributed by atoms with Crippen LogP contribution in [0.4, 0.5) is 0 Å². The van der Waals surface area contributed by atoms with E-state index in [1.807, 2.05) is 0 Å². The number of aromatic carboxylic acids is 1. The summed E-state index contributed by atoms with van der Waals surface area (Å²) in [5.74, 6) is 0.138. The molecule has 1 N–H and O–H groups in total. The highest BCUT2D eigenvalue weighted by atomic mass is 16.4. The van der Waals surface area contributed by atoms with Crippen molar-refractivity contribution < 1.29 is 9.90 Å². The summed E-state index contributed by atoms with van der Waals surface area (Å²) >= 11 is 0. The third kappa shape index (κ3) is 2.23. The molecule has 18 heavy (non-hydrogen) atoms. The molecule has 0 fully saturated rings. The van der Waals surface area contributed by atoms with Crippen LogP contribution in [0.1, 0.15) is 42.9 Å². The van der Waals surface area contributed by atoms with Gasteiger partial charge in [-0.15, -0.1) is 0 Å². The fourth-order valence-electron chi connectivity index (χ4n) is 2.14. The maximum atomic E-state index is 11.0. The molecule has 2 rings (SSSR count). The van der Waals surface area contributed by atoms with Gasteiger partial charge in [-0.3, -0.25) is 0 Å². The number of carboxylic acid groups (broad SMARTS) is 1. The Morgan fingerprint density at radius 1 is 1.39 bits per heavy atom. The normalized spacial score (nSPS) is 11.0. The Kier molecular flexibility index (Phi) is 3.65. The topological polar surface area (TPSA) is 55.1 Å². The number of nitrogens with zero attached hydrogens (tertiary/aromatic N) is 2. The lowest BCUT2D eigenvalue weighted by atomic mass is 10.2. The van der Waals surface area contributed by atoms with Gasteiger partial charge < -0.3 is 9.67 Å². The highest BCUT2D eigenvalue weighted by Gasteiger charge is 2.11. The molecule has 1 aromatic heterocycles. The van der Waals surface area contributed by atoms with Crippen LogP contribution < -0.4 is 0 Å². The smallest absolute Gasteiger partial charge is 0.335 e. The molecule has 1 heterocycles. The Labute approximate surface area is 106 Å². The number of aryl methyl sites for hydroxylation is 2. The number of rotatable bonds is 5. The van der Waals surface area contributed by atoms with E-state index in [-0.39, 0.29) is 0 Å². The highest BCUT2D eigenvalue weighted by Crippen LogP contribution is 2.19. The molecule has 0 spiro atoms. The lowest BCUT2D eigenvalue weighted by molar-refractivity contribution is 0.0697. The summed E-state index contributed by atoms with van der Waals surface area (Å²) in [6.45, 7) is 5.12. The van der Waals surface area contributed by atoms with Crippen molar-refractivity contribution in [3.05, 3.63) is 29.6 Å². The third-order valence-electron chi connectivity index (χ3n) is 3.13. The van der Waals surface area contributed by atoms with Crippen LogP contribution in [0.5, 0.6) is 0 Å². The SMILES string of the molecule is CCCCn1c(CC)nc2ccc(C(=O)O)cc21. The van der Waals surface area contributed by atoms with Gasteiger partial charge in [-0.1, -0.05) is 20.3 Å². The number of unbranched alkanes of at least 4 members (excludes halogenated alkanes) is 1. The molecule has 0 unspecified atom stereocenters. The van der Waals surface area contributed by atoms with Gasteiger partial charge in [0.2, 0.25) is 0 Å². The second-order valence-electron chi connectivity index (χ2n) is 4.40. The van der Waals surface area contributed by atoms with Crippen molar-refractivity contribution in [2.75, 3.05) is 0 Å². The van der Waals surface area contributed by atoms with Crippen LogP contribution >= 0.6 is 0 Å². The van der Waals surface area contributed by atoms with Gasteiger partial charge in [0.15, 0.2) is 0 Å². The van der Waals surface area contributed by atoms with Crippen molar-refractivity contribution in [3.63, 3.8) is 0 Å². The number of hydrogen-bond donors (Lipinski definition) is 1. The molecule has 2 aromatic rings. The van der Waals surface area contributed by atoms with E-state index in [0.29, 0.717) is 5.56 Å². The van der Waals surface area contributed by atoms with E-state index in [9.17, 15) is 4.79 Å². The first kappa shape index (κ1) is 12.6. The van der Waals surface area contributed by atoms with Gasteiger partial charge >= 0.3 is 5.97 Å². The average Bonchev–Trinajstić information content (AvgIpc) is 2.73. The fourth-order valence-corrected chi connectivity index (χ4v) is 2.14. The summed E-state index contributed by atoms with van der Waals surface area (Å²) < 4.78 is 2.14. The van der Waals surface area contributed by atoms with Crippen molar-refractivity contribution in [1.29, 1.82) is 0 Å². The molecule has 0 aliphatic rings. The molecule has 0 radical (unpaired) electrons. The monoisotopic (exact) mass is 246 g/mol.